The number of phenols is 1. The molecular formula is C29H34N6O7S. The van der Waals surface area contributed by atoms with Crippen LogP contribution in [-0.4, -0.2) is 88.6 Å². The van der Waals surface area contributed by atoms with E-state index in [9.17, 15) is 34.8 Å². The summed E-state index contributed by atoms with van der Waals surface area (Å²) in [5, 5.41) is 51.4. The molecule has 1 fully saturated rings. The summed E-state index contributed by atoms with van der Waals surface area (Å²) in [5.74, 6) is -6.85. The van der Waals surface area contributed by atoms with Gasteiger partial charge in [0.25, 0.3) is 5.91 Å². The molecule has 0 radical (unpaired) electrons. The molecule has 1 aromatic carbocycles. The Morgan fingerprint density at radius 1 is 1.19 bits per heavy atom. The molecule has 14 heteroatoms. The molecule has 2 unspecified atom stereocenters. The lowest BCUT2D eigenvalue weighted by molar-refractivity contribution is -0.153. The number of anilines is 2. The summed E-state index contributed by atoms with van der Waals surface area (Å²) >= 11 is 1.44. The van der Waals surface area contributed by atoms with Crippen molar-refractivity contribution >= 4 is 51.2 Å². The summed E-state index contributed by atoms with van der Waals surface area (Å²) < 4.78 is 0. The fraction of sp³-hybridized carbons (Fsp3) is 0.379. The Morgan fingerprint density at radius 2 is 1.88 bits per heavy atom. The monoisotopic (exact) mass is 610 g/mol. The van der Waals surface area contributed by atoms with Crippen LogP contribution in [0.3, 0.4) is 0 Å². The van der Waals surface area contributed by atoms with Gasteiger partial charge < -0.3 is 42.1 Å². The normalized spacial score (nSPS) is 25.4. The van der Waals surface area contributed by atoms with Crippen LogP contribution in [0.2, 0.25) is 0 Å². The topological polar surface area (TPSA) is 215 Å². The number of aliphatic hydroxyl groups excluding tert-OH is 2. The second kappa shape index (κ2) is 10.7. The van der Waals surface area contributed by atoms with E-state index in [1.165, 1.54) is 16.2 Å². The maximum Gasteiger partial charge on any atom is 0.255 e. The summed E-state index contributed by atoms with van der Waals surface area (Å²) in [6.07, 6.45) is 0.192. The van der Waals surface area contributed by atoms with E-state index >= 15 is 0 Å². The number of aliphatic imine (C=N–C) groups is 1. The van der Waals surface area contributed by atoms with Crippen molar-refractivity contribution < 1.29 is 34.8 Å². The lowest BCUT2D eigenvalue weighted by Crippen LogP contribution is -2.65. The van der Waals surface area contributed by atoms with Crippen LogP contribution in [-0.2, 0) is 27.3 Å². The number of nitrogens with one attached hydrogen (secondary N) is 1. The van der Waals surface area contributed by atoms with E-state index in [4.69, 9.17) is 11.5 Å². The number of guanidine groups is 1. The van der Waals surface area contributed by atoms with Crippen LogP contribution in [0.1, 0.15) is 23.1 Å². The zero-order valence-corrected chi connectivity index (χ0v) is 24.9. The predicted octanol–water partition coefficient (Wildman–Crippen LogP) is 1.02. The highest BCUT2D eigenvalue weighted by molar-refractivity contribution is 7.14. The number of hydrogen-bond donors (Lipinski definition) is 7. The minimum Gasteiger partial charge on any atom is -0.508 e. The van der Waals surface area contributed by atoms with E-state index in [1.807, 2.05) is 17.5 Å². The quantitative estimate of drug-likeness (QED) is 0.139. The minimum atomic E-state index is -2.70. The molecule has 0 spiro atoms. The van der Waals surface area contributed by atoms with Crippen molar-refractivity contribution in [2.75, 3.05) is 38.4 Å². The number of benzene rings is 1. The maximum atomic E-state index is 14.1. The molecule has 2 aromatic rings. The Morgan fingerprint density at radius 3 is 2.47 bits per heavy atom. The number of fused-ring (bicyclic) bond motifs is 3. The fourth-order valence-electron chi connectivity index (χ4n) is 6.55. The Balaban J connectivity index is 1.64. The number of thiophene rings is 1. The highest BCUT2D eigenvalue weighted by atomic mass is 32.1. The third-order valence-electron chi connectivity index (χ3n) is 8.45. The van der Waals surface area contributed by atoms with E-state index in [-0.39, 0.29) is 42.2 Å². The number of aliphatic hydroxyl groups is 3. The van der Waals surface area contributed by atoms with E-state index < -0.39 is 58.0 Å². The van der Waals surface area contributed by atoms with Gasteiger partial charge in [-0.3, -0.25) is 19.3 Å². The molecule has 4 atom stereocenters. The van der Waals surface area contributed by atoms with Gasteiger partial charge in [0.2, 0.25) is 5.78 Å². The van der Waals surface area contributed by atoms with E-state index in [1.54, 1.807) is 39.2 Å². The van der Waals surface area contributed by atoms with Crippen LogP contribution >= 0.6 is 11.3 Å². The molecule has 5 rings (SSSR count). The molecule has 1 aromatic heterocycles. The van der Waals surface area contributed by atoms with E-state index in [0.717, 1.165) is 5.00 Å². The number of phenolic OH excluding ortho intramolecular Hbond substituents is 1. The number of likely N-dealkylation sites (N-methyl/N-ethyl adjacent to an activating group) is 1. The number of ketones is 2. The summed E-state index contributed by atoms with van der Waals surface area (Å²) in [6, 6.07) is 4.27. The smallest absolute Gasteiger partial charge is 0.255 e. The van der Waals surface area contributed by atoms with Gasteiger partial charge in [-0.25, -0.2) is 4.99 Å². The minimum absolute atomic E-state index is 0.00234. The van der Waals surface area contributed by atoms with Gasteiger partial charge in [0.15, 0.2) is 17.3 Å². The largest absolute Gasteiger partial charge is 0.508 e. The molecule has 0 bridgehead atoms. The van der Waals surface area contributed by atoms with Crippen molar-refractivity contribution in [1.82, 2.24) is 4.90 Å². The van der Waals surface area contributed by atoms with Crippen molar-refractivity contribution in [3.63, 3.8) is 0 Å². The molecule has 0 saturated heterocycles. The highest BCUT2D eigenvalue weighted by Gasteiger charge is 2.64. The van der Waals surface area contributed by atoms with Gasteiger partial charge in [-0.1, -0.05) is 0 Å². The zero-order chi connectivity index (χ0) is 31.5. The molecule has 3 aliphatic carbocycles. The summed E-state index contributed by atoms with van der Waals surface area (Å²) in [6.45, 7) is -0.0612. The first-order chi connectivity index (χ1) is 20.2. The van der Waals surface area contributed by atoms with Crippen LogP contribution in [0, 0.1) is 11.8 Å². The van der Waals surface area contributed by atoms with Crippen molar-refractivity contribution in [2.24, 2.45) is 28.3 Å². The molecular weight excluding hydrogens is 576 g/mol. The van der Waals surface area contributed by atoms with Crippen LogP contribution < -0.4 is 21.7 Å². The number of primary amides is 1. The molecule has 0 aliphatic heterocycles. The lowest BCUT2D eigenvalue weighted by Gasteiger charge is -2.50. The number of aromatic hydroxyl groups is 1. The van der Waals surface area contributed by atoms with E-state index in [2.05, 4.69) is 10.3 Å². The van der Waals surface area contributed by atoms with Crippen LogP contribution in [0.15, 0.2) is 45.5 Å². The Kier molecular flexibility index (Phi) is 7.48. The molecule has 43 heavy (non-hydrogen) atoms. The van der Waals surface area contributed by atoms with Gasteiger partial charge in [-0.15, -0.1) is 11.3 Å². The average molecular weight is 611 g/mol. The number of carbonyl (C=O) groups excluding carboxylic acids is 3. The Hall–Kier alpha value is -4.40. The number of carbonyl (C=O) groups is 3. The van der Waals surface area contributed by atoms with Crippen molar-refractivity contribution in [3.8, 4) is 5.75 Å². The van der Waals surface area contributed by atoms with E-state index in [0.29, 0.717) is 16.8 Å². The summed E-state index contributed by atoms with van der Waals surface area (Å²) in [4.78, 5) is 47.1. The standard InChI is InChI=1S/C29H34N6O7S/c1-34(2)16-10-13(11-32-28(31)33-17-6-5-7-43-17)22(36)19-14(16)8-12-9-15-21(35(3)4)24(38)20(27(30)41)26(40)29(15,42)25(39)18(12)23(19)37/h5-7,10,12,15,21,36-37,40,42H,8-9,11H2,1-4H3,(H2,30,41)(H3,31,32,33)/t12?,15?,21-,29-/m0/s1. The number of Topliss-reactive ketones (excluding diaryl/α,β-unsaturated/α-hetero) is 2. The van der Waals surface area contributed by atoms with Crippen LogP contribution in [0.5, 0.6) is 5.75 Å². The fourth-order valence-corrected chi connectivity index (χ4v) is 7.18. The highest BCUT2D eigenvalue weighted by Crippen LogP contribution is 2.54. The Labute approximate surface area is 251 Å². The molecule has 228 valence electrons. The predicted molar refractivity (Wildman–Crippen MR) is 162 cm³/mol. The molecule has 3 aliphatic rings. The van der Waals surface area contributed by atoms with Crippen molar-refractivity contribution in [1.29, 1.82) is 0 Å². The van der Waals surface area contributed by atoms with Gasteiger partial charge in [0.1, 0.15) is 22.8 Å². The second-order valence-corrected chi connectivity index (χ2v) is 12.4. The maximum absolute atomic E-state index is 14.1. The van der Waals surface area contributed by atoms with Gasteiger partial charge in [-0.05, 0) is 62.0 Å². The molecule has 1 heterocycles. The first-order valence-corrected chi connectivity index (χ1v) is 14.4. The number of rotatable bonds is 6. The number of nitrogens with zero attached hydrogens (tertiary/aromatic N) is 3. The summed E-state index contributed by atoms with van der Waals surface area (Å²) in [7, 11) is 6.71. The van der Waals surface area contributed by atoms with Crippen molar-refractivity contribution in [2.45, 2.75) is 31.0 Å². The van der Waals surface area contributed by atoms with Gasteiger partial charge in [-0.2, -0.15) is 0 Å². The van der Waals surface area contributed by atoms with Gasteiger partial charge >= 0.3 is 0 Å². The Bertz CT molecular complexity index is 1630. The van der Waals surface area contributed by atoms with Crippen LogP contribution in [0.4, 0.5) is 10.7 Å². The van der Waals surface area contributed by atoms with Crippen LogP contribution in [0.25, 0.3) is 5.76 Å². The molecule has 9 N–H and O–H groups in total. The molecule has 13 nitrogen and oxygen atoms in total. The second-order valence-electron chi connectivity index (χ2n) is 11.4. The third-order valence-corrected chi connectivity index (χ3v) is 9.24. The zero-order valence-electron chi connectivity index (χ0n) is 24.1. The SMILES string of the molecule is CN(C)c1cc(CN=C(N)Nc2cccs2)c(O)c2c1CC1CC3[C@H](N(C)C)C(=O)C(C(N)=O)=C(O)[C@@]3(O)C(=O)C1=C2O. The third kappa shape index (κ3) is 4.62. The number of hydrogen-bond acceptors (Lipinski definition) is 11. The number of nitrogens with two attached hydrogens (primary N) is 2. The molecule has 1 saturated carbocycles. The lowest BCUT2D eigenvalue weighted by atomic mass is 9.57. The van der Waals surface area contributed by atoms with Gasteiger partial charge in [0, 0.05) is 36.8 Å². The number of amides is 1. The average Bonchev–Trinajstić information content (AvgIpc) is 3.42. The van der Waals surface area contributed by atoms with Gasteiger partial charge in [0.05, 0.1) is 23.2 Å². The summed E-state index contributed by atoms with van der Waals surface area (Å²) in [5.41, 5.74) is 9.18. The molecule has 1 amide bonds. The first-order valence-electron chi connectivity index (χ1n) is 13.5. The first kappa shape index (κ1) is 30.1. The van der Waals surface area contributed by atoms with Crippen molar-refractivity contribution in [3.05, 3.63) is 57.2 Å².